The van der Waals surface area contributed by atoms with E-state index < -0.39 is 25.1 Å². The van der Waals surface area contributed by atoms with Crippen LogP contribution in [0.4, 0.5) is 9.02 Å². The van der Waals surface area contributed by atoms with E-state index >= 15 is 0 Å². The van der Waals surface area contributed by atoms with Crippen molar-refractivity contribution in [3.63, 3.8) is 0 Å². The fraction of sp³-hybridized carbons (Fsp3) is 0. The average molecular weight is 322 g/mol. The van der Waals surface area contributed by atoms with Gasteiger partial charge in [0.15, 0.2) is 5.13 Å². The van der Waals surface area contributed by atoms with Crippen molar-refractivity contribution in [1.82, 2.24) is 4.98 Å². The number of benzene rings is 1. The number of rotatable bonds is 4. The predicted octanol–water partition coefficient (Wildman–Crippen LogP) is 1.60. The summed E-state index contributed by atoms with van der Waals surface area (Å²) < 4.78 is 59.8. The van der Waals surface area contributed by atoms with E-state index in [-0.39, 0.29) is 10.0 Å². The molecule has 0 spiro atoms. The second-order valence-corrected chi connectivity index (χ2v) is 7.28. The Kier molecular flexibility index (Phi) is 3.56. The highest BCUT2D eigenvalue weighted by atomic mass is 32.3. The van der Waals surface area contributed by atoms with Gasteiger partial charge in [-0.1, -0.05) is 0 Å². The first-order chi connectivity index (χ1) is 8.79. The van der Waals surface area contributed by atoms with Crippen molar-refractivity contribution in [1.29, 1.82) is 0 Å². The van der Waals surface area contributed by atoms with Gasteiger partial charge in [0.25, 0.3) is 10.0 Å². The number of aromatic nitrogens is 1. The molecule has 10 heteroatoms. The molecule has 1 aromatic carbocycles. The number of sulfonamides is 1. The van der Waals surface area contributed by atoms with Crippen LogP contribution in [0.15, 0.2) is 45.6 Å². The Balaban J connectivity index is 2.32. The smallest absolute Gasteiger partial charge is 0.255 e. The average Bonchev–Trinajstić information content (AvgIpc) is 2.80. The number of halogens is 1. The number of hydrogen-bond acceptors (Lipinski definition) is 6. The Morgan fingerprint density at radius 1 is 1.05 bits per heavy atom. The summed E-state index contributed by atoms with van der Waals surface area (Å²) in [5.74, 6) is 0. The Bertz CT molecular complexity index is 767. The van der Waals surface area contributed by atoms with Crippen LogP contribution < -0.4 is 4.72 Å². The largest absolute Gasteiger partial charge is 0.332 e. The summed E-state index contributed by atoms with van der Waals surface area (Å²) in [5, 5.41) is 1.78. The highest BCUT2D eigenvalue weighted by molar-refractivity contribution is 7.93. The van der Waals surface area contributed by atoms with Gasteiger partial charge in [0.05, 0.1) is 9.79 Å². The topological polar surface area (TPSA) is 93.2 Å². The third kappa shape index (κ3) is 3.28. The summed E-state index contributed by atoms with van der Waals surface area (Å²) in [6.45, 7) is 0. The minimum atomic E-state index is -4.84. The molecule has 1 aromatic heterocycles. The molecule has 6 nitrogen and oxygen atoms in total. The van der Waals surface area contributed by atoms with Crippen molar-refractivity contribution in [3.05, 3.63) is 35.8 Å². The molecule has 1 N–H and O–H groups in total. The third-order valence-corrected chi connectivity index (χ3v) is 5.08. The standard InChI is InChI=1S/C9H7FN2O4S3/c10-18(13,14)7-1-3-8(4-2-7)19(15,16)12-9-11-5-6-17-9/h1-6H,(H,11,12). The molecule has 0 bridgehead atoms. The van der Waals surface area contributed by atoms with E-state index in [0.29, 0.717) is 0 Å². The number of nitrogens with zero attached hydrogens (tertiary/aromatic N) is 1. The maximum absolute atomic E-state index is 12.7. The maximum atomic E-state index is 12.7. The molecule has 2 aromatic rings. The summed E-state index contributed by atoms with van der Waals surface area (Å²) in [4.78, 5) is 2.97. The molecule has 0 aliphatic heterocycles. The van der Waals surface area contributed by atoms with Gasteiger partial charge in [-0.2, -0.15) is 8.42 Å². The van der Waals surface area contributed by atoms with E-state index in [0.717, 1.165) is 35.6 Å². The van der Waals surface area contributed by atoms with Crippen molar-refractivity contribution in [2.75, 3.05) is 4.72 Å². The summed E-state index contributed by atoms with van der Waals surface area (Å²) in [5.41, 5.74) is 0. The Morgan fingerprint density at radius 3 is 2.11 bits per heavy atom. The first-order valence-electron chi connectivity index (χ1n) is 4.76. The van der Waals surface area contributed by atoms with E-state index in [1.165, 1.54) is 6.20 Å². The molecular formula is C9H7FN2O4S3. The van der Waals surface area contributed by atoms with Gasteiger partial charge in [-0.15, -0.1) is 15.2 Å². The molecule has 0 aliphatic rings. The van der Waals surface area contributed by atoms with E-state index in [1.54, 1.807) is 5.38 Å². The number of hydrogen-bond donors (Lipinski definition) is 1. The molecule has 2 rings (SSSR count). The molecule has 19 heavy (non-hydrogen) atoms. The van der Waals surface area contributed by atoms with E-state index in [2.05, 4.69) is 9.71 Å². The quantitative estimate of drug-likeness (QED) is 0.863. The van der Waals surface area contributed by atoms with Gasteiger partial charge in [-0.05, 0) is 24.3 Å². The van der Waals surface area contributed by atoms with E-state index in [4.69, 9.17) is 0 Å². The van der Waals surface area contributed by atoms with Crippen LogP contribution >= 0.6 is 11.3 Å². The number of thiazole rings is 1. The normalized spacial score (nSPS) is 12.3. The lowest BCUT2D eigenvalue weighted by molar-refractivity contribution is 0.551. The summed E-state index contributed by atoms with van der Waals surface area (Å²) >= 11 is 1.09. The summed E-state index contributed by atoms with van der Waals surface area (Å²) in [6, 6.07) is 3.77. The van der Waals surface area contributed by atoms with Gasteiger partial charge in [-0.25, -0.2) is 13.4 Å². The predicted molar refractivity (Wildman–Crippen MR) is 67.7 cm³/mol. The van der Waals surface area contributed by atoms with Gasteiger partial charge in [0, 0.05) is 11.6 Å². The maximum Gasteiger partial charge on any atom is 0.332 e. The third-order valence-electron chi connectivity index (χ3n) is 2.07. The van der Waals surface area contributed by atoms with Crippen LogP contribution in [-0.2, 0) is 20.2 Å². The monoisotopic (exact) mass is 322 g/mol. The molecule has 0 saturated carbocycles. The van der Waals surface area contributed by atoms with Gasteiger partial charge in [-0.3, -0.25) is 4.72 Å². The van der Waals surface area contributed by atoms with Crippen LogP contribution in [-0.4, -0.2) is 21.8 Å². The SMILES string of the molecule is O=S(=O)(F)c1ccc(S(=O)(=O)Nc2nccs2)cc1. The minimum absolute atomic E-state index is 0.183. The molecule has 1 heterocycles. The summed E-state index contributed by atoms with van der Waals surface area (Å²) in [7, 11) is -8.71. The molecule has 0 fully saturated rings. The molecule has 0 aliphatic carbocycles. The van der Waals surface area contributed by atoms with Crippen molar-refractivity contribution in [3.8, 4) is 0 Å². The molecule has 0 atom stereocenters. The first-order valence-corrected chi connectivity index (χ1v) is 8.51. The number of anilines is 1. The Hall–Kier alpha value is -1.52. The molecule has 102 valence electrons. The van der Waals surface area contributed by atoms with Crippen LogP contribution in [0.2, 0.25) is 0 Å². The minimum Gasteiger partial charge on any atom is -0.255 e. The molecule has 0 amide bonds. The number of nitrogens with one attached hydrogen (secondary N) is 1. The molecule has 0 unspecified atom stereocenters. The fourth-order valence-corrected chi connectivity index (χ4v) is 3.48. The van der Waals surface area contributed by atoms with Gasteiger partial charge in [0.2, 0.25) is 0 Å². The fourth-order valence-electron chi connectivity index (χ4n) is 1.23. The highest BCUT2D eigenvalue weighted by Crippen LogP contribution is 2.20. The van der Waals surface area contributed by atoms with Crippen LogP contribution in [0.1, 0.15) is 0 Å². The van der Waals surface area contributed by atoms with E-state index in [1.807, 2.05) is 0 Å². The van der Waals surface area contributed by atoms with Crippen molar-refractivity contribution in [2.45, 2.75) is 9.79 Å². The van der Waals surface area contributed by atoms with E-state index in [9.17, 15) is 20.7 Å². The lowest BCUT2D eigenvalue weighted by Gasteiger charge is -2.05. The van der Waals surface area contributed by atoms with Crippen molar-refractivity contribution < 1.29 is 20.7 Å². The van der Waals surface area contributed by atoms with Crippen molar-refractivity contribution in [2.24, 2.45) is 0 Å². The van der Waals surface area contributed by atoms with Gasteiger partial charge in [0.1, 0.15) is 0 Å². The molecule has 0 saturated heterocycles. The highest BCUT2D eigenvalue weighted by Gasteiger charge is 2.17. The van der Waals surface area contributed by atoms with Crippen LogP contribution in [0, 0.1) is 0 Å². The van der Waals surface area contributed by atoms with Gasteiger partial charge < -0.3 is 0 Å². The molecule has 0 radical (unpaired) electrons. The lowest BCUT2D eigenvalue weighted by atomic mass is 10.4. The van der Waals surface area contributed by atoms with Crippen LogP contribution in [0.5, 0.6) is 0 Å². The van der Waals surface area contributed by atoms with Gasteiger partial charge >= 0.3 is 10.2 Å². The van der Waals surface area contributed by atoms with Crippen molar-refractivity contribution >= 4 is 36.7 Å². The zero-order chi connectivity index (χ0) is 14.1. The molecular weight excluding hydrogens is 315 g/mol. The zero-order valence-corrected chi connectivity index (χ0v) is 11.6. The zero-order valence-electron chi connectivity index (χ0n) is 9.15. The van der Waals surface area contributed by atoms with Crippen LogP contribution in [0.3, 0.4) is 0 Å². The second kappa shape index (κ2) is 4.87. The Morgan fingerprint density at radius 2 is 1.63 bits per heavy atom. The second-order valence-electron chi connectivity index (χ2n) is 3.35. The lowest BCUT2D eigenvalue weighted by Crippen LogP contribution is -2.12. The van der Waals surface area contributed by atoms with Crippen LogP contribution in [0.25, 0.3) is 0 Å². The summed E-state index contributed by atoms with van der Waals surface area (Å²) in [6.07, 6.45) is 1.43. The Labute approximate surface area is 113 Å². The first kappa shape index (κ1) is 13.9.